The number of fused-ring (bicyclic) bond motifs is 1. The number of carbonyl (C=O) groups excluding carboxylic acids is 3. The molecule has 4 amide bonds. The zero-order chi connectivity index (χ0) is 22.2. The lowest BCUT2D eigenvalue weighted by Crippen LogP contribution is -2.46. The average molecular weight is 431 g/mol. The summed E-state index contributed by atoms with van der Waals surface area (Å²) in [4.78, 5) is 45.1. The van der Waals surface area contributed by atoms with E-state index in [2.05, 4.69) is 17.2 Å². The lowest BCUT2D eigenvalue weighted by atomic mass is 10.1. The molecule has 0 spiro atoms. The van der Waals surface area contributed by atoms with Gasteiger partial charge in [0.05, 0.1) is 0 Å². The summed E-state index contributed by atoms with van der Waals surface area (Å²) in [5.74, 6) is -0.132. The van der Waals surface area contributed by atoms with E-state index in [0.717, 1.165) is 34.2 Å². The van der Waals surface area contributed by atoms with Crippen LogP contribution >= 0.6 is 0 Å². The number of aromatic amines is 1. The van der Waals surface area contributed by atoms with Crippen molar-refractivity contribution in [1.29, 1.82) is 0 Å². The lowest BCUT2D eigenvalue weighted by Gasteiger charge is -2.30. The quantitative estimate of drug-likeness (QED) is 0.562. The predicted octanol–water partition coefficient (Wildman–Crippen LogP) is 3.59. The molecule has 2 aliphatic rings. The maximum atomic E-state index is 13.3. The minimum absolute atomic E-state index is 0.0629. The van der Waals surface area contributed by atoms with Crippen molar-refractivity contribution in [3.63, 3.8) is 0 Å². The molecule has 1 aliphatic carbocycles. The van der Waals surface area contributed by atoms with Crippen molar-refractivity contribution < 1.29 is 14.4 Å². The smallest absolute Gasteiger partial charge is 0.325 e. The van der Waals surface area contributed by atoms with Gasteiger partial charge in [0.2, 0.25) is 5.91 Å². The highest BCUT2D eigenvalue weighted by Crippen LogP contribution is 2.36. The molecule has 2 aromatic carbocycles. The molecular weight excluding hydrogens is 404 g/mol. The summed E-state index contributed by atoms with van der Waals surface area (Å²) in [5, 5.41) is 3.64. The lowest BCUT2D eigenvalue weighted by molar-refractivity contribution is -0.139. The Labute approximate surface area is 186 Å². The summed E-state index contributed by atoms with van der Waals surface area (Å²) < 4.78 is 0. The summed E-state index contributed by atoms with van der Waals surface area (Å²) in [5.41, 5.74) is 2.63. The molecule has 164 valence electrons. The second-order valence-electron chi connectivity index (χ2n) is 8.68. The third-order valence-electron chi connectivity index (χ3n) is 6.56. The molecule has 2 unspecified atom stereocenters. The van der Waals surface area contributed by atoms with Crippen LogP contribution in [0.15, 0.2) is 60.8 Å². The molecule has 7 heteroatoms. The second kappa shape index (κ2) is 8.15. The van der Waals surface area contributed by atoms with E-state index in [1.165, 1.54) is 0 Å². The molecule has 2 fully saturated rings. The van der Waals surface area contributed by atoms with E-state index in [4.69, 9.17) is 0 Å². The summed E-state index contributed by atoms with van der Waals surface area (Å²) >= 11 is 0. The first-order chi connectivity index (χ1) is 15.5. The van der Waals surface area contributed by atoms with Crippen LogP contribution in [-0.4, -0.2) is 45.2 Å². The van der Waals surface area contributed by atoms with Crippen LogP contribution in [0.5, 0.6) is 0 Å². The Morgan fingerprint density at radius 2 is 1.81 bits per heavy atom. The normalized spacial score (nSPS) is 19.3. The first-order valence-electron chi connectivity index (χ1n) is 11.0. The van der Waals surface area contributed by atoms with Crippen molar-refractivity contribution in [2.24, 2.45) is 5.92 Å². The van der Waals surface area contributed by atoms with Crippen LogP contribution in [0.3, 0.4) is 0 Å². The number of nitrogens with one attached hydrogen (secondary N) is 2. The Morgan fingerprint density at radius 1 is 1.09 bits per heavy atom. The third kappa shape index (κ3) is 3.75. The van der Waals surface area contributed by atoms with Gasteiger partial charge in [0.1, 0.15) is 12.6 Å². The maximum absolute atomic E-state index is 13.3. The van der Waals surface area contributed by atoms with Gasteiger partial charge < -0.3 is 15.2 Å². The molecule has 5 rings (SSSR count). The number of rotatable bonds is 7. The molecule has 3 aromatic rings. The number of aromatic nitrogens is 1. The Hall–Kier alpha value is -3.61. The zero-order valence-corrected chi connectivity index (χ0v) is 18.0. The number of urea groups is 1. The Balaban J connectivity index is 1.35. The molecule has 0 bridgehead atoms. The summed E-state index contributed by atoms with van der Waals surface area (Å²) in [6.07, 6.45) is 3.95. The van der Waals surface area contributed by atoms with Gasteiger partial charge in [-0.2, -0.15) is 0 Å². The summed E-state index contributed by atoms with van der Waals surface area (Å²) in [6.45, 7) is 2.26. The van der Waals surface area contributed by atoms with Crippen molar-refractivity contribution in [3.8, 4) is 0 Å². The minimum atomic E-state index is -0.796. The molecule has 32 heavy (non-hydrogen) atoms. The number of H-pyrrole nitrogens is 1. The first-order valence-corrected chi connectivity index (χ1v) is 11.0. The van der Waals surface area contributed by atoms with Crippen LogP contribution in [0.4, 0.5) is 4.79 Å². The van der Waals surface area contributed by atoms with E-state index >= 15 is 0 Å². The molecule has 7 nitrogen and oxygen atoms in total. The van der Waals surface area contributed by atoms with E-state index in [9.17, 15) is 14.4 Å². The molecule has 2 heterocycles. The van der Waals surface area contributed by atoms with E-state index < -0.39 is 18.0 Å². The number of carbonyl (C=O) groups is 3. The van der Waals surface area contributed by atoms with Gasteiger partial charge in [0.25, 0.3) is 5.91 Å². The van der Waals surface area contributed by atoms with Crippen LogP contribution in [0.25, 0.3) is 10.9 Å². The number of imide groups is 1. The van der Waals surface area contributed by atoms with Gasteiger partial charge in [-0.25, -0.2) is 4.79 Å². The Kier molecular flexibility index (Phi) is 5.17. The number of benzene rings is 2. The van der Waals surface area contributed by atoms with Crippen molar-refractivity contribution in [2.75, 3.05) is 6.54 Å². The number of amides is 4. The van der Waals surface area contributed by atoms with E-state index in [1.54, 1.807) is 6.20 Å². The van der Waals surface area contributed by atoms with Gasteiger partial charge in [-0.15, -0.1) is 0 Å². The van der Waals surface area contributed by atoms with E-state index in [1.807, 2.05) is 59.5 Å². The van der Waals surface area contributed by atoms with E-state index in [-0.39, 0.29) is 18.5 Å². The second-order valence-corrected chi connectivity index (χ2v) is 8.68. The molecular formula is C25H26N4O3. The standard InChI is InChI=1S/C25H26N4O3/c1-16(18-11-12-18)28(14-17-7-3-2-4-8-17)22(30)15-29-24(31)23(27-25(29)32)20-13-26-21-10-6-5-9-19(20)21/h2-10,13,16,18,23,26H,11-12,14-15H2,1H3,(H,27,32). The molecule has 1 saturated carbocycles. The molecule has 1 aromatic heterocycles. The number of nitrogens with zero attached hydrogens (tertiary/aromatic N) is 2. The third-order valence-corrected chi connectivity index (χ3v) is 6.56. The fourth-order valence-electron chi connectivity index (χ4n) is 4.51. The van der Waals surface area contributed by atoms with Gasteiger partial charge in [-0.1, -0.05) is 48.5 Å². The van der Waals surface area contributed by atoms with Crippen LogP contribution < -0.4 is 5.32 Å². The van der Waals surface area contributed by atoms with Crippen molar-refractivity contribution >= 4 is 28.7 Å². The number of para-hydroxylation sites is 1. The fourth-order valence-corrected chi connectivity index (χ4v) is 4.51. The van der Waals surface area contributed by atoms with Gasteiger partial charge in [-0.3, -0.25) is 14.5 Å². The SMILES string of the molecule is CC(C1CC1)N(Cc1ccccc1)C(=O)CN1C(=O)NC(c2c[nH]c3ccccc23)C1=O. The Bertz CT molecular complexity index is 1170. The molecule has 1 saturated heterocycles. The number of hydrogen-bond acceptors (Lipinski definition) is 3. The van der Waals surface area contributed by atoms with Crippen LogP contribution in [0.1, 0.15) is 36.9 Å². The highest BCUT2D eigenvalue weighted by Gasteiger charge is 2.42. The van der Waals surface area contributed by atoms with Gasteiger partial charge >= 0.3 is 6.03 Å². The monoisotopic (exact) mass is 430 g/mol. The molecule has 2 N–H and O–H groups in total. The average Bonchev–Trinajstić information content (AvgIpc) is 3.52. The van der Waals surface area contributed by atoms with E-state index in [0.29, 0.717) is 18.0 Å². The highest BCUT2D eigenvalue weighted by atomic mass is 16.2. The van der Waals surface area contributed by atoms with Crippen molar-refractivity contribution in [1.82, 2.24) is 20.1 Å². The summed E-state index contributed by atoms with van der Waals surface area (Å²) in [7, 11) is 0. The summed E-state index contributed by atoms with van der Waals surface area (Å²) in [6, 6.07) is 16.2. The molecule has 1 aliphatic heterocycles. The molecule has 2 atom stereocenters. The van der Waals surface area contributed by atoms with Gasteiger partial charge in [-0.05, 0) is 37.3 Å². The van der Waals surface area contributed by atoms with Crippen LogP contribution in [0.2, 0.25) is 0 Å². The van der Waals surface area contributed by atoms with Crippen molar-refractivity contribution in [3.05, 3.63) is 71.9 Å². The van der Waals surface area contributed by atoms with Gasteiger partial charge in [0, 0.05) is 35.2 Å². The van der Waals surface area contributed by atoms with Crippen molar-refractivity contribution in [2.45, 2.75) is 38.4 Å². The Morgan fingerprint density at radius 3 is 2.56 bits per heavy atom. The first kappa shape index (κ1) is 20.3. The van der Waals surface area contributed by atoms with Gasteiger partial charge in [0.15, 0.2) is 0 Å². The minimum Gasteiger partial charge on any atom is -0.361 e. The number of hydrogen-bond donors (Lipinski definition) is 2. The largest absolute Gasteiger partial charge is 0.361 e. The zero-order valence-electron chi connectivity index (χ0n) is 18.0. The van der Waals surface area contributed by atoms with Crippen LogP contribution in [0, 0.1) is 5.92 Å². The predicted molar refractivity (Wildman–Crippen MR) is 120 cm³/mol. The molecule has 0 radical (unpaired) electrons. The van der Waals surface area contributed by atoms with Crippen LogP contribution in [-0.2, 0) is 16.1 Å². The maximum Gasteiger partial charge on any atom is 0.325 e. The fraction of sp³-hybridized carbons (Fsp3) is 0.320. The topological polar surface area (TPSA) is 85.5 Å². The highest BCUT2D eigenvalue weighted by molar-refractivity contribution is 6.08.